The highest BCUT2D eigenvalue weighted by atomic mass is 35.5. The molecule has 0 aromatic heterocycles. The lowest BCUT2D eigenvalue weighted by Crippen LogP contribution is -2.29. The molecule has 0 radical (unpaired) electrons. The summed E-state index contributed by atoms with van der Waals surface area (Å²) in [6.45, 7) is 0. The zero-order valence-corrected chi connectivity index (χ0v) is 15.4. The molecule has 1 aliphatic carbocycles. The number of rotatable bonds is 3. The summed E-state index contributed by atoms with van der Waals surface area (Å²) in [5.41, 5.74) is 3.74. The van der Waals surface area contributed by atoms with Crippen LogP contribution in [0, 0.1) is 5.92 Å². The van der Waals surface area contributed by atoms with Gasteiger partial charge >= 0.3 is 5.97 Å². The van der Waals surface area contributed by atoms with Gasteiger partial charge in [-0.05, 0) is 42.2 Å². The van der Waals surface area contributed by atoms with Crippen molar-refractivity contribution in [1.82, 2.24) is 0 Å². The number of hydrogen-bond acceptors (Lipinski definition) is 4. The predicted octanol–water partition coefficient (Wildman–Crippen LogP) is 4.96. The van der Waals surface area contributed by atoms with Crippen molar-refractivity contribution < 1.29 is 14.3 Å². The topological polar surface area (TPSA) is 47.6 Å². The van der Waals surface area contributed by atoms with Crippen molar-refractivity contribution in [2.24, 2.45) is 5.92 Å². The first-order valence-corrected chi connectivity index (χ1v) is 8.99. The fraction of sp³-hybridized carbons (Fsp3) is 0.286. The van der Waals surface area contributed by atoms with Crippen LogP contribution >= 0.6 is 11.6 Å². The molecule has 4 rings (SSSR count). The summed E-state index contributed by atoms with van der Waals surface area (Å²) in [6, 6.07) is 11.5. The Morgan fingerprint density at radius 2 is 1.92 bits per heavy atom. The van der Waals surface area contributed by atoms with Crippen LogP contribution in [0.25, 0.3) is 0 Å². The number of carbonyl (C=O) groups is 1. The molecule has 2 aromatic carbocycles. The minimum Gasteiger partial charge on any atom is -0.495 e. The number of anilines is 1. The number of ether oxygens (including phenoxy) is 2. The normalized spacial score (nSPS) is 23.0. The zero-order chi connectivity index (χ0) is 18.3. The summed E-state index contributed by atoms with van der Waals surface area (Å²) in [7, 11) is 3.06. The van der Waals surface area contributed by atoms with E-state index in [1.807, 2.05) is 36.4 Å². The molecule has 4 nitrogen and oxygen atoms in total. The van der Waals surface area contributed by atoms with Crippen molar-refractivity contribution in [2.75, 3.05) is 19.5 Å². The summed E-state index contributed by atoms with van der Waals surface area (Å²) in [5, 5.41) is 4.40. The molecule has 134 valence electrons. The van der Waals surface area contributed by atoms with E-state index in [9.17, 15) is 4.79 Å². The van der Waals surface area contributed by atoms with Gasteiger partial charge in [0.2, 0.25) is 0 Å². The lowest BCUT2D eigenvalue weighted by Gasteiger charge is -2.38. The van der Waals surface area contributed by atoms with E-state index >= 15 is 0 Å². The van der Waals surface area contributed by atoms with Crippen LogP contribution in [0.3, 0.4) is 0 Å². The Bertz CT molecular complexity index is 876. The largest absolute Gasteiger partial charge is 0.495 e. The van der Waals surface area contributed by atoms with E-state index in [0.717, 1.165) is 34.0 Å². The van der Waals surface area contributed by atoms with Gasteiger partial charge in [-0.3, -0.25) is 0 Å². The molecule has 2 aliphatic rings. The first-order chi connectivity index (χ1) is 12.6. The number of esters is 1. The summed E-state index contributed by atoms with van der Waals surface area (Å²) in [5.74, 6) is 1.09. The highest BCUT2D eigenvalue weighted by Gasteiger charge is 2.40. The van der Waals surface area contributed by atoms with Gasteiger partial charge in [0.25, 0.3) is 0 Å². The molecule has 0 amide bonds. The fourth-order valence-electron chi connectivity index (χ4n) is 4.08. The minimum atomic E-state index is -0.327. The molecule has 3 atom stereocenters. The van der Waals surface area contributed by atoms with Crippen molar-refractivity contribution in [3.8, 4) is 5.75 Å². The van der Waals surface area contributed by atoms with Crippen molar-refractivity contribution in [2.45, 2.75) is 18.4 Å². The van der Waals surface area contributed by atoms with Gasteiger partial charge in [0, 0.05) is 16.5 Å². The molecule has 1 heterocycles. The second-order valence-corrected chi connectivity index (χ2v) is 7.03. The van der Waals surface area contributed by atoms with Gasteiger partial charge in [-0.25, -0.2) is 4.79 Å². The quantitative estimate of drug-likeness (QED) is 0.613. The van der Waals surface area contributed by atoms with Gasteiger partial charge in [-0.15, -0.1) is 0 Å². The summed E-state index contributed by atoms with van der Waals surface area (Å²) in [6.07, 6.45) is 5.44. The van der Waals surface area contributed by atoms with Crippen molar-refractivity contribution in [1.29, 1.82) is 0 Å². The van der Waals surface area contributed by atoms with Crippen LogP contribution in [-0.2, 0) is 4.74 Å². The molecule has 0 unspecified atom stereocenters. The molecule has 5 heteroatoms. The average molecular weight is 370 g/mol. The third-order valence-electron chi connectivity index (χ3n) is 5.34. The molecule has 1 aliphatic heterocycles. The van der Waals surface area contributed by atoms with Gasteiger partial charge in [0.05, 0.1) is 31.5 Å². The van der Waals surface area contributed by atoms with Crippen molar-refractivity contribution in [3.05, 3.63) is 70.3 Å². The van der Waals surface area contributed by atoms with Gasteiger partial charge in [-0.2, -0.15) is 0 Å². The van der Waals surface area contributed by atoms with Gasteiger partial charge in [-0.1, -0.05) is 35.9 Å². The molecule has 0 saturated carbocycles. The smallest absolute Gasteiger partial charge is 0.337 e. The van der Waals surface area contributed by atoms with E-state index in [1.54, 1.807) is 7.11 Å². The maximum Gasteiger partial charge on any atom is 0.337 e. The van der Waals surface area contributed by atoms with E-state index in [-0.39, 0.29) is 17.9 Å². The first kappa shape index (κ1) is 17.0. The van der Waals surface area contributed by atoms with Crippen LogP contribution in [0.4, 0.5) is 5.69 Å². The van der Waals surface area contributed by atoms with Gasteiger partial charge in [0.15, 0.2) is 0 Å². The van der Waals surface area contributed by atoms with Crippen LogP contribution in [0.2, 0.25) is 5.02 Å². The Hall–Kier alpha value is -2.46. The number of fused-ring (bicyclic) bond motifs is 3. The Morgan fingerprint density at radius 3 is 2.62 bits per heavy atom. The Labute approximate surface area is 157 Å². The Morgan fingerprint density at radius 1 is 1.15 bits per heavy atom. The molecule has 0 spiro atoms. The van der Waals surface area contributed by atoms with E-state index < -0.39 is 0 Å². The lowest BCUT2D eigenvalue weighted by atomic mass is 9.76. The molecule has 0 saturated heterocycles. The number of nitrogens with one attached hydrogen (secondary N) is 1. The summed E-state index contributed by atoms with van der Waals surface area (Å²) < 4.78 is 10.3. The highest BCUT2D eigenvalue weighted by Crippen LogP contribution is 2.54. The number of halogens is 1. The molecular weight excluding hydrogens is 350 g/mol. The maximum atomic E-state index is 11.7. The highest BCUT2D eigenvalue weighted by molar-refractivity contribution is 6.32. The van der Waals surface area contributed by atoms with Crippen molar-refractivity contribution in [3.63, 3.8) is 0 Å². The zero-order valence-electron chi connectivity index (χ0n) is 14.7. The van der Waals surface area contributed by atoms with E-state index in [0.29, 0.717) is 11.5 Å². The average Bonchev–Trinajstić information content (AvgIpc) is 3.16. The third-order valence-corrected chi connectivity index (χ3v) is 5.67. The Balaban J connectivity index is 1.75. The molecular formula is C21H20ClNO3. The van der Waals surface area contributed by atoms with Crippen LogP contribution < -0.4 is 10.1 Å². The number of methoxy groups -OCH3 is 2. The lowest BCUT2D eigenvalue weighted by molar-refractivity contribution is 0.0600. The summed E-state index contributed by atoms with van der Waals surface area (Å²) >= 11 is 6.52. The number of hydrogen-bond donors (Lipinski definition) is 1. The van der Waals surface area contributed by atoms with Crippen LogP contribution in [-0.4, -0.2) is 20.2 Å². The van der Waals surface area contributed by atoms with Crippen molar-refractivity contribution >= 4 is 23.3 Å². The minimum absolute atomic E-state index is 0.113. The number of allylic oxidation sites excluding steroid dienone is 2. The monoisotopic (exact) mass is 369 g/mol. The molecule has 2 aromatic rings. The number of carbonyl (C=O) groups excluding carboxylic acids is 1. The third kappa shape index (κ3) is 2.65. The SMILES string of the molecule is COC(=O)c1ccc([C@@H]2Nc3c(OC)ccc(Cl)c3[C@H]3C=CC[C@H]32)cc1. The molecule has 26 heavy (non-hydrogen) atoms. The van der Waals surface area contributed by atoms with E-state index in [1.165, 1.54) is 7.11 Å². The second-order valence-electron chi connectivity index (χ2n) is 6.63. The molecule has 0 fully saturated rings. The summed E-state index contributed by atoms with van der Waals surface area (Å²) in [4.78, 5) is 11.7. The molecule has 0 bridgehead atoms. The van der Waals surface area contributed by atoms with Crippen LogP contribution in [0.1, 0.15) is 39.9 Å². The standard InChI is InChI=1S/C21H20ClNO3/c1-25-17-11-10-16(22)18-14-4-3-5-15(14)19(23-20(17)18)12-6-8-13(9-7-12)21(24)26-2/h3-4,6-11,14-15,19,23H,5H2,1-2H3/t14-,15+,19-/m0/s1. The van der Waals surface area contributed by atoms with Gasteiger partial charge in [0.1, 0.15) is 5.75 Å². The molecule has 1 N–H and O–H groups in total. The predicted molar refractivity (Wildman–Crippen MR) is 102 cm³/mol. The fourth-order valence-corrected chi connectivity index (χ4v) is 4.37. The Kier molecular flexibility index (Phi) is 4.37. The van der Waals surface area contributed by atoms with Crippen LogP contribution in [0.5, 0.6) is 5.75 Å². The van der Waals surface area contributed by atoms with Crippen LogP contribution in [0.15, 0.2) is 48.6 Å². The first-order valence-electron chi connectivity index (χ1n) is 8.62. The van der Waals surface area contributed by atoms with E-state index in [4.69, 9.17) is 21.1 Å². The second kappa shape index (κ2) is 6.69. The van der Waals surface area contributed by atoms with Gasteiger partial charge < -0.3 is 14.8 Å². The maximum absolute atomic E-state index is 11.7. The van der Waals surface area contributed by atoms with E-state index in [2.05, 4.69) is 17.5 Å². The number of benzene rings is 2.